The van der Waals surface area contributed by atoms with Gasteiger partial charge in [0.1, 0.15) is 18.0 Å². The van der Waals surface area contributed by atoms with E-state index < -0.39 is 41.0 Å². The van der Waals surface area contributed by atoms with E-state index in [1.165, 1.54) is 0 Å². The van der Waals surface area contributed by atoms with Gasteiger partial charge in [-0.05, 0) is 117 Å². The summed E-state index contributed by atoms with van der Waals surface area (Å²) in [6.45, 7) is 38.8. The molecule has 9 heterocycles. The van der Waals surface area contributed by atoms with Crippen molar-refractivity contribution in [2.24, 2.45) is 23.7 Å². The molecule has 2 N–H and O–H groups in total. The lowest BCUT2D eigenvalue weighted by Gasteiger charge is -2.54. The number of cyclic esters (lactones) is 1. The number of amides is 1. The zero-order chi connectivity index (χ0) is 49.7. The number of aliphatic hydroxyl groups is 1. The number of hydrogen-bond donors (Lipinski definition) is 2. The van der Waals surface area contributed by atoms with Crippen molar-refractivity contribution in [2.75, 3.05) is 6.54 Å². The molecule has 6 fully saturated rings. The van der Waals surface area contributed by atoms with Gasteiger partial charge in [-0.2, -0.15) is 0 Å². The molecule has 6 saturated heterocycles. The zero-order valence-corrected chi connectivity index (χ0v) is 46.2. The maximum absolute atomic E-state index is 14.5. The Labute approximate surface area is 412 Å². The Hall–Kier alpha value is -1.73. The van der Waals surface area contributed by atoms with Crippen molar-refractivity contribution in [2.45, 2.75) is 261 Å². The summed E-state index contributed by atoms with van der Waals surface area (Å²) in [4.78, 5) is 26.5. The minimum Gasteiger partial charge on any atom is -0.444 e. The van der Waals surface area contributed by atoms with E-state index >= 15 is 0 Å². The molecule has 9 aliphatic heterocycles. The number of aliphatic hydroxyl groups excluding tert-OH is 1. The van der Waals surface area contributed by atoms with Gasteiger partial charge in [-0.15, -0.1) is 0 Å². The third kappa shape index (κ3) is 12.5. The SMILES string of the molecule is C=C1C[C@@H]2CCC(O)/C=C/[C@H](O[Si](C)(C)C(C)(C)C)[C@@H]3OC4CC[C@H](CC(=O)C[C@@H]5[C@@H](C)[C@@H](C[C@H]6CNC(=O)O6)O[C@H]5C[C@H]5O[C@@H](CC[C@@H]1O2)C[C@@H](C)C5=C)O[C@@H]4[C@H](C)[C@@H]3O[Si](C)(C)C(C)(C)C. The second-order valence-electron chi connectivity index (χ2n) is 25.2. The Morgan fingerprint density at radius 3 is 2.03 bits per heavy atom. The van der Waals surface area contributed by atoms with E-state index in [0.717, 1.165) is 43.3 Å². The van der Waals surface area contributed by atoms with Crippen molar-refractivity contribution in [1.29, 1.82) is 0 Å². The molecule has 0 saturated carbocycles. The lowest BCUT2D eigenvalue weighted by atomic mass is 9.78. The van der Waals surface area contributed by atoms with Crippen molar-refractivity contribution in [1.82, 2.24) is 5.32 Å². The monoisotopic (exact) mass is 986 g/mol. The first kappa shape index (κ1) is 54.1. The molecule has 14 heteroatoms. The average molecular weight is 986 g/mol. The number of nitrogens with one attached hydrogen (secondary N) is 1. The molecule has 18 atom stereocenters. The molecular formula is C54H91NO11Si2. The molecule has 9 rings (SSSR count). The summed E-state index contributed by atoms with van der Waals surface area (Å²) >= 11 is 0. The summed E-state index contributed by atoms with van der Waals surface area (Å²) in [5, 5.41) is 14.3. The predicted octanol–water partition coefficient (Wildman–Crippen LogP) is 10.5. The van der Waals surface area contributed by atoms with E-state index in [9.17, 15) is 14.7 Å². The molecule has 0 aliphatic carbocycles. The Balaban J connectivity index is 1.19. The van der Waals surface area contributed by atoms with Crippen LogP contribution in [0.15, 0.2) is 36.5 Å². The van der Waals surface area contributed by atoms with Crippen LogP contribution in [0.1, 0.15) is 139 Å². The number of fused-ring (bicyclic) bond motifs is 2. The molecule has 0 spiro atoms. The smallest absolute Gasteiger partial charge is 0.407 e. The van der Waals surface area contributed by atoms with E-state index in [0.29, 0.717) is 51.5 Å². The highest BCUT2D eigenvalue weighted by Crippen LogP contribution is 2.47. The molecular weight excluding hydrogens is 895 g/mol. The van der Waals surface area contributed by atoms with Gasteiger partial charge in [0.2, 0.25) is 0 Å². The molecule has 0 radical (unpaired) electrons. The van der Waals surface area contributed by atoms with Crippen LogP contribution >= 0.6 is 0 Å². The molecule has 386 valence electrons. The van der Waals surface area contributed by atoms with Gasteiger partial charge in [0, 0.05) is 31.6 Å². The van der Waals surface area contributed by atoms with Crippen molar-refractivity contribution >= 4 is 28.5 Å². The standard InChI is InChI=1S/C54H91NO11Si2/c1-31-24-39-19-22-43-32(2)25-38(59-43)18-16-36(56)17-21-45(65-67(12,13)53(6,7)8)51-50(66-68(14,15)54(9,10)11)35(5)49-44(64-51)23-20-40(61-49)26-37(57)27-42-34(4)46(28-41-30-55-52(58)62-41)63-48(42)29-47(60-39)33(31)3/h17,21,31,34-36,38-51,56H,2-3,16,18-20,22-30H2,1,4-15H3,(H,55,58)/b21-17+/t31-,34-,35+,36?,38+,39+,40-,41+,42-,43+,44?,45+,46-,47-,48+,49-,50+,51+/m1/s1. The molecule has 9 aliphatic rings. The first-order chi connectivity index (χ1) is 31.7. The number of ketones is 1. The van der Waals surface area contributed by atoms with Crippen LogP contribution in [0.4, 0.5) is 4.79 Å². The molecule has 0 aromatic rings. The van der Waals surface area contributed by atoms with E-state index in [4.69, 9.17) is 37.3 Å². The highest BCUT2D eigenvalue weighted by atomic mass is 28.4. The third-order valence-electron chi connectivity index (χ3n) is 18.1. The van der Waals surface area contributed by atoms with E-state index in [2.05, 4.69) is 113 Å². The second kappa shape index (κ2) is 21.4. The van der Waals surface area contributed by atoms with Gasteiger partial charge in [-0.25, -0.2) is 4.79 Å². The van der Waals surface area contributed by atoms with Gasteiger partial charge >= 0.3 is 6.09 Å². The maximum Gasteiger partial charge on any atom is 0.407 e. The number of carbonyl (C=O) groups excluding carboxylic acids is 2. The Morgan fingerprint density at radius 1 is 0.706 bits per heavy atom. The van der Waals surface area contributed by atoms with Gasteiger partial charge in [-0.1, -0.05) is 87.6 Å². The molecule has 8 bridgehead atoms. The molecule has 0 aromatic carbocycles. The zero-order valence-electron chi connectivity index (χ0n) is 44.2. The number of carbonyl (C=O) groups is 2. The summed E-state index contributed by atoms with van der Waals surface area (Å²) in [5.74, 6) is 0.394. The van der Waals surface area contributed by atoms with Crippen LogP contribution in [0.5, 0.6) is 0 Å². The fourth-order valence-corrected chi connectivity index (χ4v) is 14.2. The van der Waals surface area contributed by atoms with Crippen LogP contribution in [0.3, 0.4) is 0 Å². The number of rotatable bonds is 6. The average Bonchev–Trinajstić information content (AvgIpc) is 3.91. The number of ether oxygens (including phenoxy) is 6. The van der Waals surface area contributed by atoms with Gasteiger partial charge in [-0.3, -0.25) is 4.79 Å². The first-order valence-corrected chi connectivity index (χ1v) is 32.3. The summed E-state index contributed by atoms with van der Waals surface area (Å²) < 4.78 is 55.2. The largest absolute Gasteiger partial charge is 0.444 e. The quantitative estimate of drug-likeness (QED) is 0.194. The molecule has 0 aromatic heterocycles. The molecule has 68 heavy (non-hydrogen) atoms. The summed E-state index contributed by atoms with van der Waals surface area (Å²) in [7, 11) is -4.73. The Kier molecular flexibility index (Phi) is 17.0. The first-order valence-electron chi connectivity index (χ1n) is 26.5. The van der Waals surface area contributed by atoms with Crippen LogP contribution in [-0.4, -0.2) is 126 Å². The molecule has 12 nitrogen and oxygen atoms in total. The predicted molar refractivity (Wildman–Crippen MR) is 271 cm³/mol. The number of alkyl carbamates (subject to hydrolysis) is 1. The van der Waals surface area contributed by atoms with Crippen molar-refractivity contribution in [3.8, 4) is 0 Å². The summed E-state index contributed by atoms with van der Waals surface area (Å²) in [6, 6.07) is 0. The van der Waals surface area contributed by atoms with Crippen LogP contribution < -0.4 is 5.32 Å². The second-order valence-corrected chi connectivity index (χ2v) is 34.7. The van der Waals surface area contributed by atoms with E-state index in [1.54, 1.807) is 0 Å². The minimum absolute atomic E-state index is 0.0123. The van der Waals surface area contributed by atoms with Crippen LogP contribution in [0, 0.1) is 23.7 Å². The number of hydrogen-bond acceptors (Lipinski definition) is 11. The fraction of sp³-hybridized carbons (Fsp3) is 0.852. The van der Waals surface area contributed by atoms with Crippen LogP contribution in [0.25, 0.3) is 0 Å². The van der Waals surface area contributed by atoms with Crippen LogP contribution in [-0.2, 0) is 42.1 Å². The van der Waals surface area contributed by atoms with Crippen molar-refractivity contribution < 1.29 is 52.0 Å². The van der Waals surface area contributed by atoms with Crippen molar-refractivity contribution in [3.63, 3.8) is 0 Å². The van der Waals surface area contributed by atoms with Gasteiger partial charge in [0.15, 0.2) is 16.6 Å². The fourth-order valence-electron chi connectivity index (χ4n) is 11.5. The third-order valence-corrected chi connectivity index (χ3v) is 27.0. The van der Waals surface area contributed by atoms with E-state index in [-0.39, 0.29) is 107 Å². The topological polar surface area (TPSA) is 140 Å². The van der Waals surface area contributed by atoms with Crippen LogP contribution in [0.2, 0.25) is 36.3 Å². The molecule has 2 unspecified atom stereocenters. The number of Topliss-reactive ketones (excluding diaryl/α,β-unsaturated/α-hetero) is 1. The highest BCUT2D eigenvalue weighted by Gasteiger charge is 2.55. The van der Waals surface area contributed by atoms with Gasteiger partial charge in [0.25, 0.3) is 0 Å². The summed E-state index contributed by atoms with van der Waals surface area (Å²) in [6.07, 6.45) is 7.93. The lowest BCUT2D eigenvalue weighted by Crippen LogP contribution is -2.64. The Bertz CT molecular complexity index is 1830. The normalized spacial score (nSPS) is 42.2. The Morgan fingerprint density at radius 2 is 1.35 bits per heavy atom. The minimum atomic E-state index is -2.37. The van der Waals surface area contributed by atoms with Gasteiger partial charge < -0.3 is 47.7 Å². The van der Waals surface area contributed by atoms with Crippen molar-refractivity contribution in [3.05, 3.63) is 36.5 Å². The lowest BCUT2D eigenvalue weighted by molar-refractivity contribution is -0.251. The highest BCUT2D eigenvalue weighted by molar-refractivity contribution is 6.74. The maximum atomic E-state index is 14.5. The van der Waals surface area contributed by atoms with E-state index in [1.807, 2.05) is 6.08 Å². The van der Waals surface area contributed by atoms with Gasteiger partial charge in [0.05, 0.1) is 79.8 Å². The summed E-state index contributed by atoms with van der Waals surface area (Å²) in [5.41, 5.74) is 2.18. The molecule has 1 amide bonds.